The molecule has 0 bridgehead atoms. The molecule has 0 fully saturated rings. The summed E-state index contributed by atoms with van der Waals surface area (Å²) >= 11 is 0. The molecule has 0 radical (unpaired) electrons. The molecule has 2 N–H and O–H groups in total. The Bertz CT molecular complexity index is 870. The highest BCUT2D eigenvalue weighted by atomic mass is 19.4. The van der Waals surface area contributed by atoms with Gasteiger partial charge >= 0.3 is 18.2 Å². The number of hydrogen-bond acceptors (Lipinski definition) is 4. The molecule has 0 unspecified atom stereocenters. The minimum Gasteiger partial charge on any atom is -0.478 e. The molecule has 0 aliphatic carbocycles. The van der Waals surface area contributed by atoms with Crippen molar-refractivity contribution in [3.8, 4) is 11.1 Å². The van der Waals surface area contributed by atoms with Crippen LogP contribution in [0.4, 0.5) is 18.0 Å². The summed E-state index contributed by atoms with van der Waals surface area (Å²) in [4.78, 5) is 22.7. The van der Waals surface area contributed by atoms with Crippen LogP contribution in [0.3, 0.4) is 0 Å². The van der Waals surface area contributed by atoms with E-state index in [9.17, 15) is 22.8 Å². The van der Waals surface area contributed by atoms with Gasteiger partial charge in [-0.25, -0.2) is 9.59 Å². The topological polar surface area (TPSA) is 93.5 Å². The molecule has 2 aromatic rings. The Labute approximate surface area is 159 Å². The number of amides is 1. The molecule has 1 aromatic carbocycles. The van der Waals surface area contributed by atoms with E-state index in [0.29, 0.717) is 0 Å². The maximum atomic E-state index is 13.3. The van der Waals surface area contributed by atoms with E-state index >= 15 is 0 Å². The summed E-state index contributed by atoms with van der Waals surface area (Å²) in [6.07, 6.45) is -2.70. The normalized spacial score (nSPS) is 11.9. The second-order valence-corrected chi connectivity index (χ2v) is 6.98. The number of halogens is 3. The summed E-state index contributed by atoms with van der Waals surface area (Å²) in [5.41, 5.74) is -2.02. The quantitative estimate of drug-likeness (QED) is 0.798. The van der Waals surface area contributed by atoms with E-state index in [2.05, 4.69) is 10.4 Å². The molecule has 0 atom stereocenters. The van der Waals surface area contributed by atoms with Crippen LogP contribution in [0.2, 0.25) is 0 Å². The fraction of sp³-hybridized carbons (Fsp3) is 0.389. The number of alkyl carbamates (subject to hydrolysis) is 1. The Morgan fingerprint density at radius 3 is 2.50 bits per heavy atom. The Morgan fingerprint density at radius 1 is 1.25 bits per heavy atom. The lowest BCUT2D eigenvalue weighted by molar-refractivity contribution is -0.137. The molecule has 0 aliphatic heterocycles. The number of aromatic nitrogens is 2. The largest absolute Gasteiger partial charge is 0.478 e. The van der Waals surface area contributed by atoms with Crippen LogP contribution in [-0.2, 0) is 17.5 Å². The smallest absolute Gasteiger partial charge is 0.417 e. The highest BCUT2D eigenvalue weighted by Crippen LogP contribution is 2.37. The standard InChI is InChI=1S/C18H20F3N3O4/c1-17(2,3)28-16(27)22-6-7-24-10-12(9-23-24)13-8-11(15(25)26)4-5-14(13)18(19,20)21/h4-5,8-10H,6-7H2,1-3H3,(H,22,27)(H,25,26). The van der Waals surface area contributed by atoms with Crippen LogP contribution in [0.5, 0.6) is 0 Å². The number of alkyl halides is 3. The molecule has 1 aromatic heterocycles. The van der Waals surface area contributed by atoms with Gasteiger partial charge in [-0.05, 0) is 44.5 Å². The minimum atomic E-state index is -4.65. The number of carboxylic acids is 1. The first kappa shape index (κ1) is 21.3. The number of ether oxygens (including phenoxy) is 1. The monoisotopic (exact) mass is 399 g/mol. The van der Waals surface area contributed by atoms with E-state index in [4.69, 9.17) is 9.84 Å². The molecule has 10 heteroatoms. The summed E-state index contributed by atoms with van der Waals surface area (Å²) < 4.78 is 46.2. The molecule has 28 heavy (non-hydrogen) atoms. The third-order valence-electron chi connectivity index (χ3n) is 3.53. The number of aromatic carboxylic acids is 1. The van der Waals surface area contributed by atoms with E-state index in [1.54, 1.807) is 20.8 Å². The van der Waals surface area contributed by atoms with Crippen molar-refractivity contribution < 1.29 is 32.6 Å². The first-order chi connectivity index (χ1) is 12.9. The zero-order valence-electron chi connectivity index (χ0n) is 15.5. The van der Waals surface area contributed by atoms with E-state index < -0.39 is 29.4 Å². The number of hydrogen-bond donors (Lipinski definition) is 2. The van der Waals surface area contributed by atoms with Gasteiger partial charge in [0.2, 0.25) is 0 Å². The number of carboxylic acid groups (broad SMARTS) is 1. The van der Waals surface area contributed by atoms with Crippen LogP contribution in [0.25, 0.3) is 11.1 Å². The molecule has 1 heterocycles. The zero-order valence-corrected chi connectivity index (χ0v) is 15.5. The number of carbonyl (C=O) groups excluding carboxylic acids is 1. The van der Waals surface area contributed by atoms with Crippen molar-refractivity contribution in [2.24, 2.45) is 0 Å². The first-order valence-electron chi connectivity index (χ1n) is 8.31. The predicted octanol–water partition coefficient (Wildman–Crippen LogP) is 3.79. The average Bonchev–Trinajstić information content (AvgIpc) is 3.00. The lowest BCUT2D eigenvalue weighted by Gasteiger charge is -2.19. The Kier molecular flexibility index (Phi) is 6.01. The van der Waals surface area contributed by atoms with Crippen molar-refractivity contribution >= 4 is 12.1 Å². The average molecular weight is 399 g/mol. The molecule has 1 amide bonds. The highest BCUT2D eigenvalue weighted by molar-refractivity contribution is 5.90. The molecule has 0 saturated carbocycles. The van der Waals surface area contributed by atoms with Crippen molar-refractivity contribution in [2.75, 3.05) is 6.54 Å². The van der Waals surface area contributed by atoms with E-state index in [1.807, 2.05) is 0 Å². The summed E-state index contributed by atoms with van der Waals surface area (Å²) in [5.74, 6) is -1.33. The predicted molar refractivity (Wildman–Crippen MR) is 93.9 cm³/mol. The molecule has 152 valence electrons. The van der Waals surface area contributed by atoms with Crippen molar-refractivity contribution in [1.29, 1.82) is 0 Å². The van der Waals surface area contributed by atoms with Gasteiger partial charge < -0.3 is 15.2 Å². The molecule has 7 nitrogen and oxygen atoms in total. The lowest BCUT2D eigenvalue weighted by atomic mass is 9.99. The van der Waals surface area contributed by atoms with Crippen LogP contribution in [-0.4, -0.2) is 39.1 Å². The van der Waals surface area contributed by atoms with Crippen molar-refractivity contribution in [3.63, 3.8) is 0 Å². The summed E-state index contributed by atoms with van der Waals surface area (Å²) in [6.45, 7) is 5.50. The van der Waals surface area contributed by atoms with Gasteiger partial charge in [0.05, 0.1) is 23.9 Å². The third kappa shape index (κ3) is 5.73. The van der Waals surface area contributed by atoms with Gasteiger partial charge in [0.15, 0.2) is 0 Å². The van der Waals surface area contributed by atoms with Gasteiger partial charge in [0.1, 0.15) is 5.60 Å². The second kappa shape index (κ2) is 7.91. The van der Waals surface area contributed by atoms with Crippen LogP contribution >= 0.6 is 0 Å². The Balaban J connectivity index is 2.16. The molecule has 2 rings (SSSR count). The van der Waals surface area contributed by atoms with E-state index in [0.717, 1.165) is 18.2 Å². The SMILES string of the molecule is CC(C)(C)OC(=O)NCCn1cc(-c2cc(C(=O)O)ccc2C(F)(F)F)cn1. The number of benzene rings is 1. The van der Waals surface area contributed by atoms with Crippen molar-refractivity contribution in [3.05, 3.63) is 41.7 Å². The lowest BCUT2D eigenvalue weighted by Crippen LogP contribution is -2.34. The number of nitrogens with zero attached hydrogens (tertiary/aromatic N) is 2. The maximum Gasteiger partial charge on any atom is 0.417 e. The summed E-state index contributed by atoms with van der Waals surface area (Å²) in [7, 11) is 0. The third-order valence-corrected chi connectivity index (χ3v) is 3.53. The molecule has 0 spiro atoms. The van der Waals surface area contributed by atoms with Crippen molar-refractivity contribution in [1.82, 2.24) is 15.1 Å². The maximum absolute atomic E-state index is 13.3. The van der Waals surface area contributed by atoms with Crippen LogP contribution in [0, 0.1) is 0 Å². The van der Waals surface area contributed by atoms with Gasteiger partial charge in [0.25, 0.3) is 0 Å². The number of nitrogens with one attached hydrogen (secondary N) is 1. The molecule has 0 saturated heterocycles. The van der Waals surface area contributed by atoms with Gasteiger partial charge in [-0.1, -0.05) is 0 Å². The van der Waals surface area contributed by atoms with Crippen LogP contribution in [0.15, 0.2) is 30.6 Å². The zero-order chi connectivity index (χ0) is 21.1. The fourth-order valence-electron chi connectivity index (χ4n) is 2.37. The highest BCUT2D eigenvalue weighted by Gasteiger charge is 2.34. The fourth-order valence-corrected chi connectivity index (χ4v) is 2.37. The second-order valence-electron chi connectivity index (χ2n) is 6.98. The van der Waals surface area contributed by atoms with Gasteiger partial charge in [0, 0.05) is 18.3 Å². The minimum absolute atomic E-state index is 0.118. The Morgan fingerprint density at radius 2 is 1.93 bits per heavy atom. The van der Waals surface area contributed by atoms with Crippen LogP contribution in [0.1, 0.15) is 36.7 Å². The number of rotatable bonds is 5. The summed E-state index contributed by atoms with van der Waals surface area (Å²) in [5, 5.41) is 15.5. The molecule has 0 aliphatic rings. The molecular formula is C18H20F3N3O4. The van der Waals surface area contributed by atoms with Gasteiger partial charge in [-0.3, -0.25) is 4.68 Å². The first-order valence-corrected chi connectivity index (χ1v) is 8.31. The number of carbonyl (C=O) groups is 2. The van der Waals surface area contributed by atoms with E-state index in [-0.39, 0.29) is 29.8 Å². The Hall–Kier alpha value is -3.04. The summed E-state index contributed by atoms with van der Waals surface area (Å²) in [6, 6.07) is 2.61. The van der Waals surface area contributed by atoms with E-state index in [1.165, 1.54) is 17.1 Å². The molecular weight excluding hydrogens is 379 g/mol. The van der Waals surface area contributed by atoms with Gasteiger partial charge in [-0.2, -0.15) is 18.3 Å². The van der Waals surface area contributed by atoms with Crippen molar-refractivity contribution in [2.45, 2.75) is 39.1 Å². The van der Waals surface area contributed by atoms with Crippen LogP contribution < -0.4 is 5.32 Å². The van der Waals surface area contributed by atoms with Gasteiger partial charge in [-0.15, -0.1) is 0 Å².